The summed E-state index contributed by atoms with van der Waals surface area (Å²) in [6, 6.07) is 11.5. The maximum absolute atomic E-state index is 13.5. The first-order valence-electron chi connectivity index (χ1n) is 9.43. The van der Waals surface area contributed by atoms with Crippen LogP contribution in [0, 0.1) is 5.82 Å². The van der Waals surface area contributed by atoms with Crippen molar-refractivity contribution in [2.24, 2.45) is 0 Å². The maximum Gasteiger partial charge on any atom is 0.359 e. The van der Waals surface area contributed by atoms with E-state index in [0.29, 0.717) is 10.7 Å². The summed E-state index contributed by atoms with van der Waals surface area (Å²) in [7, 11) is 0. The summed E-state index contributed by atoms with van der Waals surface area (Å²) in [6.45, 7) is 1.78. The second kappa shape index (κ2) is 8.89. The zero-order valence-corrected chi connectivity index (χ0v) is 18.2. The van der Waals surface area contributed by atoms with Crippen molar-refractivity contribution in [3.63, 3.8) is 0 Å². The number of ether oxygens (including phenoxy) is 1. The summed E-state index contributed by atoms with van der Waals surface area (Å²) in [6.07, 6.45) is 0. The molecule has 0 saturated carbocycles. The van der Waals surface area contributed by atoms with Gasteiger partial charge in [-0.15, -0.1) is 11.3 Å². The number of hydrogen-bond acceptors (Lipinski definition) is 6. The fourth-order valence-electron chi connectivity index (χ4n) is 3.05. The molecule has 0 fully saturated rings. The van der Waals surface area contributed by atoms with E-state index < -0.39 is 23.3 Å². The highest BCUT2D eigenvalue weighted by Gasteiger charge is 2.23. The van der Waals surface area contributed by atoms with E-state index in [9.17, 15) is 18.8 Å². The minimum atomic E-state index is -0.707. The smallest absolute Gasteiger partial charge is 0.359 e. The molecule has 0 aliphatic carbocycles. The number of fused-ring (bicyclic) bond motifs is 1. The number of benzene rings is 2. The third-order valence-electron chi connectivity index (χ3n) is 4.51. The fraction of sp³-hybridized carbons (Fsp3) is 0.0909. The highest BCUT2D eigenvalue weighted by Crippen LogP contribution is 2.31. The Hall–Kier alpha value is -3.56. The minimum Gasteiger partial charge on any atom is -0.461 e. The van der Waals surface area contributed by atoms with Crippen molar-refractivity contribution in [1.82, 2.24) is 9.78 Å². The van der Waals surface area contributed by atoms with Crippen LogP contribution >= 0.6 is 22.9 Å². The van der Waals surface area contributed by atoms with Crippen molar-refractivity contribution in [2.75, 3.05) is 11.9 Å². The average molecular weight is 472 g/mol. The van der Waals surface area contributed by atoms with E-state index >= 15 is 0 Å². The molecule has 2 heterocycles. The number of nitrogens with one attached hydrogen (secondary N) is 1. The van der Waals surface area contributed by atoms with Crippen molar-refractivity contribution in [3.05, 3.63) is 86.4 Å². The lowest BCUT2D eigenvalue weighted by Crippen LogP contribution is -2.25. The second-order valence-corrected chi connectivity index (χ2v) is 7.90. The average Bonchev–Trinajstić information content (AvgIpc) is 3.19. The summed E-state index contributed by atoms with van der Waals surface area (Å²) >= 11 is 6.99. The van der Waals surface area contributed by atoms with Crippen molar-refractivity contribution in [2.45, 2.75) is 6.92 Å². The Morgan fingerprint density at radius 2 is 1.97 bits per heavy atom. The first kappa shape index (κ1) is 21.7. The van der Waals surface area contributed by atoms with Gasteiger partial charge in [0.25, 0.3) is 11.5 Å². The topological polar surface area (TPSA) is 90.3 Å². The van der Waals surface area contributed by atoms with Crippen LogP contribution in [-0.2, 0) is 4.74 Å². The number of carbonyl (C=O) groups is 2. The van der Waals surface area contributed by atoms with Gasteiger partial charge in [-0.1, -0.05) is 17.7 Å². The van der Waals surface area contributed by atoms with Gasteiger partial charge in [0.05, 0.1) is 17.7 Å². The number of nitrogens with zero attached hydrogens (tertiary/aromatic N) is 2. The molecule has 2 aromatic heterocycles. The van der Waals surface area contributed by atoms with Gasteiger partial charge in [0.1, 0.15) is 10.8 Å². The number of rotatable bonds is 5. The lowest BCUT2D eigenvalue weighted by molar-refractivity contribution is 0.0520. The molecule has 7 nitrogen and oxygen atoms in total. The predicted octanol–water partition coefficient (Wildman–Crippen LogP) is 4.67. The standard InChI is InChI=1S/C22H15ClFN3O4S/c1-2-31-22(30)18-16-11-32-20(25-19(28)12-4-3-5-14(24)10-12)17(16)21(29)27(26-18)15-8-6-13(23)7-9-15/h3-11H,2H2,1H3,(H,25,28). The molecule has 0 unspecified atom stereocenters. The summed E-state index contributed by atoms with van der Waals surface area (Å²) in [4.78, 5) is 38.5. The number of esters is 1. The molecule has 0 radical (unpaired) electrons. The van der Waals surface area contributed by atoms with Gasteiger partial charge in [0.15, 0.2) is 5.69 Å². The maximum atomic E-state index is 13.5. The Bertz CT molecular complexity index is 1400. The predicted molar refractivity (Wildman–Crippen MR) is 121 cm³/mol. The molecule has 0 aliphatic heterocycles. The van der Waals surface area contributed by atoms with Gasteiger partial charge in [-0.2, -0.15) is 9.78 Å². The molecule has 0 atom stereocenters. The Balaban J connectivity index is 1.88. The van der Waals surface area contributed by atoms with Crippen molar-refractivity contribution >= 4 is 50.6 Å². The summed E-state index contributed by atoms with van der Waals surface area (Å²) < 4.78 is 19.7. The normalized spacial score (nSPS) is 10.8. The number of aromatic nitrogens is 2. The number of carbonyl (C=O) groups excluding carboxylic acids is 2. The van der Waals surface area contributed by atoms with Crippen LogP contribution in [-0.4, -0.2) is 28.3 Å². The van der Waals surface area contributed by atoms with Crippen LogP contribution in [0.4, 0.5) is 9.39 Å². The Morgan fingerprint density at radius 3 is 2.66 bits per heavy atom. The van der Waals surface area contributed by atoms with Crippen molar-refractivity contribution in [1.29, 1.82) is 0 Å². The van der Waals surface area contributed by atoms with Crippen molar-refractivity contribution in [3.8, 4) is 5.69 Å². The third-order valence-corrected chi connectivity index (χ3v) is 5.65. The first-order chi connectivity index (χ1) is 15.4. The van der Waals surface area contributed by atoms with E-state index in [1.54, 1.807) is 36.6 Å². The largest absolute Gasteiger partial charge is 0.461 e. The van der Waals surface area contributed by atoms with Gasteiger partial charge in [0, 0.05) is 21.4 Å². The van der Waals surface area contributed by atoms with E-state index in [1.165, 1.54) is 18.2 Å². The third kappa shape index (κ3) is 4.12. The summed E-state index contributed by atoms with van der Waals surface area (Å²) in [5.74, 6) is -1.87. The molecule has 0 saturated heterocycles. The number of amides is 1. The molecule has 4 aromatic rings. The minimum absolute atomic E-state index is 0.0705. The molecule has 4 rings (SSSR count). The van der Waals surface area contributed by atoms with Gasteiger partial charge in [0.2, 0.25) is 0 Å². The highest BCUT2D eigenvalue weighted by molar-refractivity contribution is 7.16. The molecule has 1 N–H and O–H groups in total. The molecular formula is C22H15ClFN3O4S. The van der Waals surface area contributed by atoms with Gasteiger partial charge in [-0.05, 0) is 49.4 Å². The molecule has 10 heteroatoms. The van der Waals surface area contributed by atoms with Gasteiger partial charge >= 0.3 is 5.97 Å². The summed E-state index contributed by atoms with van der Waals surface area (Å²) in [5.41, 5.74) is -0.158. The van der Waals surface area contributed by atoms with E-state index in [2.05, 4.69) is 10.4 Å². The monoisotopic (exact) mass is 471 g/mol. The molecule has 2 aromatic carbocycles. The molecular weight excluding hydrogens is 457 g/mol. The quantitative estimate of drug-likeness (QED) is 0.427. The van der Waals surface area contributed by atoms with Crippen LogP contribution < -0.4 is 10.9 Å². The van der Waals surface area contributed by atoms with Crippen molar-refractivity contribution < 1.29 is 18.7 Å². The molecule has 32 heavy (non-hydrogen) atoms. The SMILES string of the molecule is CCOC(=O)c1nn(-c2ccc(Cl)cc2)c(=O)c2c(NC(=O)c3cccc(F)c3)scc12. The van der Waals surface area contributed by atoms with Crippen LogP contribution in [0.25, 0.3) is 16.5 Å². The molecule has 162 valence electrons. The lowest BCUT2D eigenvalue weighted by atomic mass is 10.2. The number of anilines is 1. The van der Waals surface area contributed by atoms with Crippen LogP contribution in [0.5, 0.6) is 0 Å². The number of hydrogen-bond donors (Lipinski definition) is 1. The Morgan fingerprint density at radius 1 is 1.22 bits per heavy atom. The van der Waals surface area contributed by atoms with E-state index in [0.717, 1.165) is 22.1 Å². The van der Waals surface area contributed by atoms with E-state index in [4.69, 9.17) is 16.3 Å². The second-order valence-electron chi connectivity index (χ2n) is 6.58. The van der Waals surface area contributed by atoms with Gasteiger partial charge in [-0.3, -0.25) is 9.59 Å². The fourth-order valence-corrected chi connectivity index (χ4v) is 4.11. The first-order valence-corrected chi connectivity index (χ1v) is 10.7. The van der Waals surface area contributed by atoms with Crippen LogP contribution in [0.3, 0.4) is 0 Å². The molecule has 0 aliphatic rings. The molecule has 0 bridgehead atoms. The molecule has 1 amide bonds. The highest BCUT2D eigenvalue weighted by atomic mass is 35.5. The lowest BCUT2D eigenvalue weighted by Gasteiger charge is -2.10. The van der Waals surface area contributed by atoms with Gasteiger partial charge in [-0.25, -0.2) is 9.18 Å². The van der Waals surface area contributed by atoms with E-state index in [1.807, 2.05) is 0 Å². The number of halogens is 2. The van der Waals surface area contributed by atoms with E-state index in [-0.39, 0.29) is 33.6 Å². The summed E-state index contributed by atoms with van der Waals surface area (Å²) in [5, 5.41) is 9.40. The Kier molecular flexibility index (Phi) is 6.02. The van der Waals surface area contributed by atoms with Crippen LogP contribution in [0.2, 0.25) is 5.02 Å². The van der Waals surface area contributed by atoms with Crippen LogP contribution in [0.15, 0.2) is 58.7 Å². The van der Waals surface area contributed by atoms with Crippen LogP contribution in [0.1, 0.15) is 27.8 Å². The Labute approximate surface area is 190 Å². The molecule has 0 spiro atoms. The zero-order valence-electron chi connectivity index (χ0n) is 16.6. The van der Waals surface area contributed by atoms with Gasteiger partial charge < -0.3 is 10.1 Å². The zero-order chi connectivity index (χ0) is 22.8. The number of thiophene rings is 1.